The van der Waals surface area contributed by atoms with E-state index < -0.39 is 24.7 Å². The molecular weight excluding hydrogens is 373 g/mol. The minimum Gasteiger partial charge on any atom is -0.467 e. The maximum absolute atomic E-state index is 13.0. The lowest BCUT2D eigenvalue weighted by Crippen LogP contribution is -2.41. The van der Waals surface area contributed by atoms with E-state index in [1.807, 2.05) is 12.1 Å². The van der Waals surface area contributed by atoms with Gasteiger partial charge in [-0.05, 0) is 29.3 Å². The molecule has 0 N–H and O–H groups in total. The quantitative estimate of drug-likeness (QED) is 0.769. The van der Waals surface area contributed by atoms with Crippen molar-refractivity contribution in [2.45, 2.75) is 32.1 Å². The van der Waals surface area contributed by atoms with Crippen molar-refractivity contribution < 1.29 is 27.2 Å². The molecule has 2 aromatic rings. The number of carbonyl (C=O) groups is 2. The number of alkyl halides is 3. The van der Waals surface area contributed by atoms with Crippen LogP contribution in [-0.4, -0.2) is 34.3 Å². The topological polar surface area (TPSA) is 53.8 Å². The zero-order chi connectivity index (χ0) is 20.3. The maximum atomic E-state index is 13.0. The molecule has 1 aliphatic heterocycles. The molecule has 0 radical (unpaired) electrons. The van der Waals surface area contributed by atoms with Gasteiger partial charge in [-0.15, -0.1) is 0 Å². The molecule has 1 unspecified atom stereocenters. The van der Waals surface area contributed by atoms with Crippen LogP contribution in [0.25, 0.3) is 6.08 Å². The zero-order valence-corrected chi connectivity index (χ0v) is 15.1. The Balaban J connectivity index is 1.86. The van der Waals surface area contributed by atoms with E-state index in [-0.39, 0.29) is 24.6 Å². The lowest BCUT2D eigenvalue weighted by Gasteiger charge is -2.34. The predicted octanol–water partition coefficient (Wildman–Crippen LogP) is 4.13. The first kappa shape index (κ1) is 19.7. The first-order valence-corrected chi connectivity index (χ1v) is 8.67. The van der Waals surface area contributed by atoms with Crippen molar-refractivity contribution in [3.05, 3.63) is 65.7 Å². The minimum atomic E-state index is -4.55. The third-order valence-electron chi connectivity index (χ3n) is 4.49. The molecule has 3 rings (SSSR count). The van der Waals surface area contributed by atoms with Gasteiger partial charge in [-0.25, -0.2) is 0 Å². The first-order chi connectivity index (χ1) is 13.2. The van der Waals surface area contributed by atoms with Crippen LogP contribution in [-0.2, 0) is 16.1 Å². The van der Waals surface area contributed by atoms with Crippen molar-refractivity contribution in [2.75, 3.05) is 6.54 Å². The van der Waals surface area contributed by atoms with Gasteiger partial charge in [0.15, 0.2) is 0 Å². The van der Waals surface area contributed by atoms with Gasteiger partial charge in [-0.1, -0.05) is 24.3 Å². The average Bonchev–Trinajstić information content (AvgIpc) is 3.13. The van der Waals surface area contributed by atoms with Crippen LogP contribution >= 0.6 is 0 Å². The maximum Gasteiger partial charge on any atom is 0.406 e. The number of hydrogen-bond donors (Lipinski definition) is 0. The summed E-state index contributed by atoms with van der Waals surface area (Å²) in [6.45, 7) is -0.335. The van der Waals surface area contributed by atoms with Gasteiger partial charge in [-0.3, -0.25) is 9.59 Å². The van der Waals surface area contributed by atoms with Crippen LogP contribution in [0.15, 0.2) is 53.3 Å². The largest absolute Gasteiger partial charge is 0.467 e. The van der Waals surface area contributed by atoms with Crippen molar-refractivity contribution >= 4 is 17.9 Å². The molecule has 1 aromatic heterocycles. The summed E-state index contributed by atoms with van der Waals surface area (Å²) in [7, 11) is 0. The monoisotopic (exact) mass is 392 g/mol. The second-order valence-corrected chi connectivity index (χ2v) is 6.54. The highest BCUT2D eigenvalue weighted by Gasteiger charge is 2.36. The number of furan rings is 1. The van der Waals surface area contributed by atoms with E-state index in [1.165, 1.54) is 24.2 Å². The summed E-state index contributed by atoms with van der Waals surface area (Å²) in [6, 6.07) is 9.58. The molecule has 2 heterocycles. The van der Waals surface area contributed by atoms with E-state index in [0.717, 1.165) is 11.1 Å². The van der Waals surface area contributed by atoms with Crippen molar-refractivity contribution in [3.63, 3.8) is 0 Å². The van der Waals surface area contributed by atoms with Crippen LogP contribution in [0, 0.1) is 0 Å². The third kappa shape index (κ3) is 4.62. The van der Waals surface area contributed by atoms with Gasteiger partial charge in [0.25, 0.3) is 0 Å². The Morgan fingerprint density at radius 2 is 1.93 bits per heavy atom. The summed E-state index contributed by atoms with van der Waals surface area (Å²) >= 11 is 0. The van der Waals surface area contributed by atoms with Crippen LogP contribution in [0.2, 0.25) is 0 Å². The lowest BCUT2D eigenvalue weighted by atomic mass is 9.93. The smallest absolute Gasteiger partial charge is 0.406 e. The van der Waals surface area contributed by atoms with E-state index in [4.69, 9.17) is 4.42 Å². The van der Waals surface area contributed by atoms with Crippen molar-refractivity contribution in [1.82, 2.24) is 9.80 Å². The van der Waals surface area contributed by atoms with Gasteiger partial charge in [0.05, 0.1) is 25.3 Å². The van der Waals surface area contributed by atoms with Crippen LogP contribution in [0.4, 0.5) is 13.2 Å². The summed E-state index contributed by atoms with van der Waals surface area (Å²) < 4.78 is 44.1. The standard InChI is InChI=1S/C20H19F3N2O3/c1-14(26)25-9-8-15-5-2-3-7-17(15)18(25)11-19(27)24(13-20(21,22)23)12-16-6-4-10-28-16/h2-10,18H,11-13H2,1H3. The number of benzene rings is 1. The Bertz CT molecular complexity index is 875. The molecule has 28 heavy (non-hydrogen) atoms. The lowest BCUT2D eigenvalue weighted by molar-refractivity contribution is -0.163. The number of fused-ring (bicyclic) bond motifs is 1. The van der Waals surface area contributed by atoms with E-state index >= 15 is 0 Å². The van der Waals surface area contributed by atoms with Crippen molar-refractivity contribution in [1.29, 1.82) is 0 Å². The summed E-state index contributed by atoms with van der Waals surface area (Å²) in [5, 5.41) is 0. The molecule has 0 spiro atoms. The van der Waals surface area contributed by atoms with Crippen molar-refractivity contribution in [3.8, 4) is 0 Å². The fraction of sp³-hybridized carbons (Fsp3) is 0.300. The fourth-order valence-corrected chi connectivity index (χ4v) is 3.25. The van der Waals surface area contributed by atoms with Gasteiger partial charge in [0.2, 0.25) is 11.8 Å². The van der Waals surface area contributed by atoms with Gasteiger partial charge >= 0.3 is 6.18 Å². The van der Waals surface area contributed by atoms with E-state index in [0.29, 0.717) is 4.90 Å². The number of rotatable bonds is 5. The number of nitrogens with zero attached hydrogens (tertiary/aromatic N) is 2. The molecule has 0 saturated carbocycles. The third-order valence-corrected chi connectivity index (χ3v) is 4.49. The summed E-state index contributed by atoms with van der Waals surface area (Å²) in [4.78, 5) is 26.9. The van der Waals surface area contributed by atoms with E-state index in [9.17, 15) is 22.8 Å². The van der Waals surface area contributed by atoms with Gasteiger partial charge in [0, 0.05) is 13.1 Å². The summed E-state index contributed by atoms with van der Waals surface area (Å²) in [5.74, 6) is -0.753. The fourth-order valence-electron chi connectivity index (χ4n) is 3.25. The highest BCUT2D eigenvalue weighted by Crippen LogP contribution is 2.33. The highest BCUT2D eigenvalue weighted by molar-refractivity contribution is 5.82. The van der Waals surface area contributed by atoms with Gasteiger partial charge in [0.1, 0.15) is 12.3 Å². The molecule has 2 amide bonds. The Hall–Kier alpha value is -3.03. The molecule has 0 fully saturated rings. The highest BCUT2D eigenvalue weighted by atomic mass is 19.4. The number of amides is 2. The second-order valence-electron chi connectivity index (χ2n) is 6.54. The van der Waals surface area contributed by atoms with E-state index in [1.54, 1.807) is 30.5 Å². The van der Waals surface area contributed by atoms with Crippen LogP contribution < -0.4 is 0 Å². The molecule has 0 bridgehead atoms. The summed E-state index contributed by atoms with van der Waals surface area (Å²) in [6.07, 6.45) is -0.173. The molecule has 1 atom stereocenters. The average molecular weight is 392 g/mol. The summed E-state index contributed by atoms with van der Waals surface area (Å²) in [5.41, 5.74) is 1.55. The zero-order valence-electron chi connectivity index (χ0n) is 15.1. The van der Waals surface area contributed by atoms with Crippen LogP contribution in [0.1, 0.15) is 36.3 Å². The molecule has 0 aliphatic carbocycles. The van der Waals surface area contributed by atoms with Gasteiger partial charge < -0.3 is 14.2 Å². The Morgan fingerprint density at radius 3 is 2.57 bits per heavy atom. The normalized spacial score (nSPS) is 16.0. The number of halogens is 3. The molecule has 1 aliphatic rings. The molecule has 148 valence electrons. The second kappa shape index (κ2) is 7.92. The molecule has 0 saturated heterocycles. The molecule has 8 heteroatoms. The molecule has 1 aromatic carbocycles. The van der Waals surface area contributed by atoms with Crippen LogP contribution in [0.5, 0.6) is 0 Å². The Labute approximate surface area is 160 Å². The number of carbonyl (C=O) groups excluding carboxylic acids is 2. The molecule has 5 nitrogen and oxygen atoms in total. The molecular formula is C20H19F3N2O3. The minimum absolute atomic E-state index is 0.255. The Morgan fingerprint density at radius 1 is 1.18 bits per heavy atom. The predicted molar refractivity (Wildman–Crippen MR) is 95.5 cm³/mol. The SMILES string of the molecule is CC(=O)N1C=Cc2ccccc2C1CC(=O)N(Cc1ccco1)CC(F)(F)F. The Kier molecular flexibility index (Phi) is 5.58. The first-order valence-electron chi connectivity index (χ1n) is 8.67. The number of hydrogen-bond acceptors (Lipinski definition) is 3. The van der Waals surface area contributed by atoms with Crippen LogP contribution in [0.3, 0.4) is 0 Å². The van der Waals surface area contributed by atoms with E-state index in [2.05, 4.69) is 0 Å². The van der Waals surface area contributed by atoms with Gasteiger partial charge in [-0.2, -0.15) is 13.2 Å². The van der Waals surface area contributed by atoms with Crippen molar-refractivity contribution in [2.24, 2.45) is 0 Å².